The molecule has 11 nitrogen and oxygen atoms in total. The van der Waals surface area contributed by atoms with E-state index < -0.39 is 6.17 Å². The third kappa shape index (κ3) is 7.56. The molecule has 2 aromatic heterocycles. The quantitative estimate of drug-likeness (QED) is 0.145. The van der Waals surface area contributed by atoms with Gasteiger partial charge in [0.15, 0.2) is 11.9 Å². The lowest BCUT2D eigenvalue weighted by atomic mass is 10.0. The molecule has 1 atom stereocenters. The van der Waals surface area contributed by atoms with Gasteiger partial charge in [-0.1, -0.05) is 29.3 Å². The summed E-state index contributed by atoms with van der Waals surface area (Å²) in [4.78, 5) is 27.5. The summed E-state index contributed by atoms with van der Waals surface area (Å²) < 4.78 is 12.0. The minimum Gasteiger partial charge on any atom is -0.473 e. The van der Waals surface area contributed by atoms with Gasteiger partial charge in [-0.15, -0.1) is 0 Å². The number of carbonyl (C=O) groups excluding carboxylic acids is 1. The van der Waals surface area contributed by atoms with Crippen molar-refractivity contribution in [1.29, 1.82) is 5.26 Å². The van der Waals surface area contributed by atoms with Gasteiger partial charge in [0.2, 0.25) is 11.8 Å². The molecule has 0 spiro atoms. The van der Waals surface area contributed by atoms with Crippen molar-refractivity contribution in [3.05, 3.63) is 107 Å². The molecule has 45 heavy (non-hydrogen) atoms. The van der Waals surface area contributed by atoms with Crippen molar-refractivity contribution in [2.75, 3.05) is 23.7 Å². The van der Waals surface area contributed by atoms with E-state index in [9.17, 15) is 10.1 Å². The first kappa shape index (κ1) is 29.6. The summed E-state index contributed by atoms with van der Waals surface area (Å²) in [5.74, 6) is 1.13. The van der Waals surface area contributed by atoms with Crippen molar-refractivity contribution in [2.24, 2.45) is 4.99 Å². The fourth-order valence-electron chi connectivity index (χ4n) is 4.94. The van der Waals surface area contributed by atoms with Gasteiger partial charge in [0, 0.05) is 41.2 Å². The van der Waals surface area contributed by atoms with Crippen LogP contribution < -0.4 is 25.4 Å². The molecule has 12 heteroatoms. The Labute approximate surface area is 265 Å². The highest BCUT2D eigenvalue weighted by molar-refractivity contribution is 6.30. The van der Waals surface area contributed by atoms with E-state index in [1.165, 1.54) is 11.2 Å². The van der Waals surface area contributed by atoms with Crippen LogP contribution in [0.1, 0.15) is 30.1 Å². The average molecular weight is 621 g/mol. The van der Waals surface area contributed by atoms with Crippen molar-refractivity contribution in [3.8, 4) is 23.6 Å². The lowest BCUT2D eigenvalue weighted by Crippen LogP contribution is -2.31. The highest BCUT2D eigenvalue weighted by atomic mass is 35.5. The Morgan fingerprint density at radius 2 is 1.98 bits per heavy atom. The second-order valence-corrected chi connectivity index (χ2v) is 10.8. The van der Waals surface area contributed by atoms with Crippen LogP contribution in [0.4, 0.5) is 17.1 Å². The van der Waals surface area contributed by atoms with E-state index in [1.807, 2.05) is 24.3 Å². The summed E-state index contributed by atoms with van der Waals surface area (Å²) in [6, 6.07) is 18.0. The van der Waals surface area contributed by atoms with Crippen molar-refractivity contribution >= 4 is 40.9 Å². The van der Waals surface area contributed by atoms with Gasteiger partial charge in [-0.05, 0) is 67.9 Å². The number of halogens is 1. The van der Waals surface area contributed by atoms with E-state index in [0.717, 1.165) is 37.1 Å². The molecule has 6 rings (SSSR count). The van der Waals surface area contributed by atoms with E-state index in [4.69, 9.17) is 21.1 Å². The fraction of sp³-hybridized carbons (Fsp3) is 0.182. The molecule has 0 bridgehead atoms. The topological polar surface area (TPSA) is 137 Å². The maximum Gasteiger partial charge on any atom is 0.248 e. The highest BCUT2D eigenvalue weighted by Gasteiger charge is 2.27. The number of benzene rings is 2. The lowest BCUT2D eigenvalue weighted by molar-refractivity contribution is -0.112. The number of aliphatic imine (C=N–C) groups is 1. The first-order valence-corrected chi connectivity index (χ1v) is 14.7. The Balaban J connectivity index is 1.26. The van der Waals surface area contributed by atoms with Crippen molar-refractivity contribution in [1.82, 2.24) is 20.2 Å². The summed E-state index contributed by atoms with van der Waals surface area (Å²) in [6.45, 7) is 2.00. The highest BCUT2D eigenvalue weighted by Crippen LogP contribution is 2.42. The van der Waals surface area contributed by atoms with Crippen LogP contribution in [0.5, 0.6) is 17.4 Å². The number of amides is 1. The molecule has 1 unspecified atom stereocenters. The van der Waals surface area contributed by atoms with Gasteiger partial charge >= 0.3 is 0 Å². The molecule has 1 saturated heterocycles. The number of piperidine rings is 1. The minimum atomic E-state index is -0.643. The van der Waals surface area contributed by atoms with Crippen LogP contribution in [-0.4, -0.2) is 40.2 Å². The molecule has 226 valence electrons. The number of nitriles is 1. The van der Waals surface area contributed by atoms with E-state index in [0.29, 0.717) is 51.6 Å². The standard InChI is InChI=1S/C33H29ClN8O3/c34-24-3-1-2-23(14-24)19-44-32-5-4-25(18-38-32)40-33-27-16-29(41-31(43)15-22-6-10-36-11-7-22)30(45-26-8-12-37-13-9-26)17-28(27)39-21-42(33)20-35/h1-5,8-9,12-18,21,33,36,40H,6-7,10-11,19H2,(H,41,43). The maximum absolute atomic E-state index is 13.1. The van der Waals surface area contributed by atoms with Crippen LogP contribution >= 0.6 is 11.6 Å². The predicted octanol–water partition coefficient (Wildman–Crippen LogP) is 6.32. The number of nitrogens with zero attached hydrogens (tertiary/aromatic N) is 5. The summed E-state index contributed by atoms with van der Waals surface area (Å²) in [7, 11) is 0. The Morgan fingerprint density at radius 1 is 1.13 bits per heavy atom. The zero-order chi connectivity index (χ0) is 31.0. The SMILES string of the molecule is N#CN1C=Nc2cc(Oc3ccncc3)c(NC(=O)C=C3CCNCC3)cc2C1Nc1ccc(OCc2cccc(Cl)c2)nc1. The molecule has 2 aromatic carbocycles. The van der Waals surface area contributed by atoms with Crippen LogP contribution in [0.3, 0.4) is 0 Å². The Kier molecular flexibility index (Phi) is 9.15. The number of ether oxygens (including phenoxy) is 2. The number of anilines is 2. The zero-order valence-corrected chi connectivity index (χ0v) is 24.9. The van der Waals surface area contributed by atoms with Crippen LogP contribution in [0.15, 0.2) is 95.9 Å². The second-order valence-electron chi connectivity index (χ2n) is 10.3. The number of nitrogens with one attached hydrogen (secondary N) is 3. The second kappa shape index (κ2) is 13.9. The molecule has 1 fully saturated rings. The van der Waals surface area contributed by atoms with Gasteiger partial charge in [-0.3, -0.25) is 9.78 Å². The molecular weight excluding hydrogens is 592 g/mol. The summed E-state index contributed by atoms with van der Waals surface area (Å²) in [5, 5.41) is 20.2. The van der Waals surface area contributed by atoms with Gasteiger partial charge in [0.05, 0.1) is 23.3 Å². The Hall–Kier alpha value is -5.44. The zero-order valence-electron chi connectivity index (χ0n) is 24.1. The van der Waals surface area contributed by atoms with Crippen LogP contribution in [0, 0.1) is 11.5 Å². The fourth-order valence-corrected chi connectivity index (χ4v) is 5.16. The van der Waals surface area contributed by atoms with E-state index in [-0.39, 0.29) is 5.91 Å². The third-order valence-electron chi connectivity index (χ3n) is 7.17. The lowest BCUT2D eigenvalue weighted by Gasteiger charge is -2.30. The first-order valence-electron chi connectivity index (χ1n) is 14.3. The average Bonchev–Trinajstić information content (AvgIpc) is 3.06. The molecule has 0 radical (unpaired) electrons. The molecule has 1 amide bonds. The van der Waals surface area contributed by atoms with Crippen molar-refractivity contribution in [2.45, 2.75) is 25.6 Å². The molecule has 4 heterocycles. The summed E-state index contributed by atoms with van der Waals surface area (Å²) in [6.07, 6.45) is 11.1. The molecule has 2 aliphatic rings. The Bertz CT molecular complexity index is 1770. The molecule has 3 N–H and O–H groups in total. The molecule has 4 aromatic rings. The van der Waals surface area contributed by atoms with Crippen LogP contribution in [0.25, 0.3) is 0 Å². The predicted molar refractivity (Wildman–Crippen MR) is 172 cm³/mol. The number of hydrogen-bond donors (Lipinski definition) is 3. The number of hydrogen-bond acceptors (Lipinski definition) is 10. The largest absolute Gasteiger partial charge is 0.473 e. The van der Waals surface area contributed by atoms with E-state index in [2.05, 4.69) is 37.1 Å². The third-order valence-corrected chi connectivity index (χ3v) is 7.41. The number of rotatable bonds is 9. The van der Waals surface area contributed by atoms with Gasteiger partial charge in [-0.25, -0.2) is 14.9 Å². The number of aromatic nitrogens is 2. The minimum absolute atomic E-state index is 0.259. The monoisotopic (exact) mass is 620 g/mol. The van der Waals surface area contributed by atoms with Gasteiger partial charge in [0.25, 0.3) is 0 Å². The van der Waals surface area contributed by atoms with E-state index in [1.54, 1.807) is 61.1 Å². The molecular formula is C33H29ClN8O3. The summed E-state index contributed by atoms with van der Waals surface area (Å²) >= 11 is 6.07. The van der Waals surface area contributed by atoms with E-state index >= 15 is 0 Å². The smallest absolute Gasteiger partial charge is 0.248 e. The molecule has 2 aliphatic heterocycles. The number of pyridine rings is 2. The first-order chi connectivity index (χ1) is 22.0. The van der Waals surface area contributed by atoms with Crippen molar-refractivity contribution < 1.29 is 14.3 Å². The van der Waals surface area contributed by atoms with Gasteiger partial charge in [-0.2, -0.15) is 5.26 Å². The van der Waals surface area contributed by atoms with Gasteiger partial charge < -0.3 is 25.4 Å². The van der Waals surface area contributed by atoms with Crippen molar-refractivity contribution in [3.63, 3.8) is 0 Å². The maximum atomic E-state index is 13.1. The molecule has 0 saturated carbocycles. The van der Waals surface area contributed by atoms with Crippen LogP contribution in [-0.2, 0) is 11.4 Å². The van der Waals surface area contributed by atoms with Gasteiger partial charge in [0.1, 0.15) is 24.9 Å². The normalized spacial score (nSPS) is 15.4. The number of fused-ring (bicyclic) bond motifs is 1. The van der Waals surface area contributed by atoms with Crippen LogP contribution in [0.2, 0.25) is 5.02 Å². The molecule has 0 aliphatic carbocycles. The summed E-state index contributed by atoms with van der Waals surface area (Å²) in [5.41, 5.74) is 4.32. The Morgan fingerprint density at radius 3 is 2.73 bits per heavy atom. The number of carbonyl (C=O) groups is 1.